The van der Waals surface area contributed by atoms with Gasteiger partial charge in [0.15, 0.2) is 5.96 Å². The van der Waals surface area contributed by atoms with E-state index in [1.54, 1.807) is 11.3 Å². The van der Waals surface area contributed by atoms with Crippen LogP contribution in [0, 0.1) is 6.92 Å². The van der Waals surface area contributed by atoms with Crippen LogP contribution in [0.1, 0.15) is 16.0 Å². The van der Waals surface area contributed by atoms with E-state index in [1.165, 1.54) is 21.7 Å². The quantitative estimate of drug-likeness (QED) is 0.395. The summed E-state index contributed by atoms with van der Waals surface area (Å²) in [7, 11) is 5.93. The molecule has 0 bridgehead atoms. The highest BCUT2D eigenvalue weighted by Gasteiger charge is 2.03. The van der Waals surface area contributed by atoms with Gasteiger partial charge >= 0.3 is 0 Å². The van der Waals surface area contributed by atoms with Crippen molar-refractivity contribution in [2.45, 2.75) is 19.9 Å². The Bertz CT molecular complexity index is 638. The third-order valence-corrected chi connectivity index (χ3v) is 4.69. The maximum Gasteiger partial charge on any atom is 0.191 e. The summed E-state index contributed by atoms with van der Waals surface area (Å²) in [6, 6.07) is 10.8. The number of aliphatic imine (C=N–C) groups is 1. The van der Waals surface area contributed by atoms with Gasteiger partial charge in [0, 0.05) is 44.8 Å². The Kier molecular flexibility index (Phi) is 9.13. The van der Waals surface area contributed by atoms with Crippen LogP contribution in [0.3, 0.4) is 0 Å². The first kappa shape index (κ1) is 20.8. The van der Waals surface area contributed by atoms with Crippen LogP contribution in [0.25, 0.3) is 0 Å². The zero-order valence-electron chi connectivity index (χ0n) is 14.8. The highest BCUT2D eigenvalue weighted by atomic mass is 127. The molecule has 0 atom stereocenters. The smallest absolute Gasteiger partial charge is 0.191 e. The van der Waals surface area contributed by atoms with Crippen molar-refractivity contribution in [1.29, 1.82) is 0 Å². The normalized spacial score (nSPS) is 10.9. The largest absolute Gasteiger partial charge is 0.378 e. The van der Waals surface area contributed by atoms with Gasteiger partial charge in [0.2, 0.25) is 0 Å². The van der Waals surface area contributed by atoms with E-state index in [9.17, 15) is 0 Å². The molecule has 1 aromatic heterocycles. The van der Waals surface area contributed by atoms with E-state index >= 15 is 0 Å². The van der Waals surface area contributed by atoms with Crippen molar-refractivity contribution in [3.05, 3.63) is 51.7 Å². The fourth-order valence-corrected chi connectivity index (χ4v) is 3.02. The van der Waals surface area contributed by atoms with Gasteiger partial charge in [-0.3, -0.25) is 4.99 Å². The maximum absolute atomic E-state index is 4.29. The first-order chi connectivity index (χ1) is 11.1. The Morgan fingerprint density at radius 3 is 2.58 bits per heavy atom. The van der Waals surface area contributed by atoms with Crippen molar-refractivity contribution < 1.29 is 0 Å². The zero-order chi connectivity index (χ0) is 16.7. The summed E-state index contributed by atoms with van der Waals surface area (Å²) in [5.74, 6) is 0.845. The van der Waals surface area contributed by atoms with Crippen molar-refractivity contribution in [3.8, 4) is 0 Å². The van der Waals surface area contributed by atoms with E-state index in [2.05, 4.69) is 77.3 Å². The molecule has 24 heavy (non-hydrogen) atoms. The lowest BCUT2D eigenvalue weighted by Crippen LogP contribution is -2.37. The van der Waals surface area contributed by atoms with Crippen molar-refractivity contribution >= 4 is 47.0 Å². The number of nitrogens with one attached hydrogen (secondary N) is 2. The average Bonchev–Trinajstić information content (AvgIpc) is 3.04. The minimum atomic E-state index is 0. The van der Waals surface area contributed by atoms with Gasteiger partial charge in [-0.15, -0.1) is 35.3 Å². The van der Waals surface area contributed by atoms with Gasteiger partial charge in [0.05, 0.1) is 0 Å². The standard InChI is InChI=1S/C18H26N4S.HI/c1-14-12-16(22(3)4)8-7-15(14)13-21-18(19-2)20-10-9-17-6-5-11-23-17;/h5-8,11-12H,9-10,13H2,1-4H3,(H2,19,20,21);1H. The Morgan fingerprint density at radius 1 is 1.21 bits per heavy atom. The van der Waals surface area contributed by atoms with Crippen LogP contribution >= 0.6 is 35.3 Å². The van der Waals surface area contributed by atoms with Crippen LogP contribution in [0.4, 0.5) is 5.69 Å². The number of thiophene rings is 1. The molecule has 2 aromatic rings. The fraction of sp³-hybridized carbons (Fsp3) is 0.389. The number of nitrogens with zero attached hydrogens (tertiary/aromatic N) is 2. The summed E-state index contributed by atoms with van der Waals surface area (Å²) < 4.78 is 0. The highest BCUT2D eigenvalue weighted by molar-refractivity contribution is 14.0. The van der Waals surface area contributed by atoms with E-state index in [4.69, 9.17) is 0 Å². The SMILES string of the molecule is CN=C(NCCc1cccs1)NCc1ccc(N(C)C)cc1C.I. The molecule has 0 aliphatic carbocycles. The second kappa shape index (κ2) is 10.6. The van der Waals surface area contributed by atoms with Gasteiger partial charge in [-0.25, -0.2) is 0 Å². The molecule has 0 saturated heterocycles. The molecular formula is C18H27IN4S. The molecule has 0 radical (unpaired) electrons. The number of rotatable bonds is 6. The average molecular weight is 458 g/mol. The van der Waals surface area contributed by atoms with Gasteiger partial charge in [-0.2, -0.15) is 0 Å². The van der Waals surface area contributed by atoms with Crippen LogP contribution in [-0.4, -0.2) is 33.6 Å². The van der Waals surface area contributed by atoms with Gasteiger partial charge in [0.1, 0.15) is 0 Å². The molecule has 0 amide bonds. The molecule has 1 aromatic carbocycles. The molecule has 132 valence electrons. The Labute approximate surface area is 166 Å². The number of halogens is 1. The van der Waals surface area contributed by atoms with Crippen molar-refractivity contribution in [2.24, 2.45) is 4.99 Å². The molecule has 2 rings (SSSR count). The van der Waals surface area contributed by atoms with Gasteiger partial charge < -0.3 is 15.5 Å². The number of aryl methyl sites for hydroxylation is 1. The lowest BCUT2D eigenvalue weighted by Gasteiger charge is -2.16. The first-order valence-electron chi connectivity index (χ1n) is 7.84. The van der Waals surface area contributed by atoms with E-state index in [-0.39, 0.29) is 24.0 Å². The summed E-state index contributed by atoms with van der Waals surface area (Å²) in [6.07, 6.45) is 1.02. The van der Waals surface area contributed by atoms with Crippen LogP contribution in [-0.2, 0) is 13.0 Å². The van der Waals surface area contributed by atoms with Crippen LogP contribution in [0.5, 0.6) is 0 Å². The van der Waals surface area contributed by atoms with E-state index < -0.39 is 0 Å². The zero-order valence-corrected chi connectivity index (χ0v) is 17.9. The summed E-state index contributed by atoms with van der Waals surface area (Å²) >= 11 is 1.79. The number of anilines is 1. The fourth-order valence-electron chi connectivity index (χ4n) is 2.32. The van der Waals surface area contributed by atoms with Crippen molar-refractivity contribution in [2.75, 3.05) is 32.6 Å². The molecule has 0 aliphatic rings. The number of benzene rings is 1. The third-order valence-electron chi connectivity index (χ3n) is 3.76. The molecule has 0 aliphatic heterocycles. The van der Waals surface area contributed by atoms with Gasteiger partial charge in [0.25, 0.3) is 0 Å². The Balaban J connectivity index is 0.00000288. The molecule has 1 heterocycles. The highest BCUT2D eigenvalue weighted by Crippen LogP contribution is 2.17. The number of hydrogen-bond acceptors (Lipinski definition) is 3. The second-order valence-corrected chi connectivity index (χ2v) is 6.72. The lowest BCUT2D eigenvalue weighted by molar-refractivity contribution is 0.797. The third kappa shape index (κ3) is 6.32. The minimum Gasteiger partial charge on any atom is -0.378 e. The van der Waals surface area contributed by atoms with Gasteiger partial charge in [-0.1, -0.05) is 12.1 Å². The summed E-state index contributed by atoms with van der Waals surface area (Å²) in [4.78, 5) is 7.80. The number of guanidine groups is 1. The van der Waals surface area contributed by atoms with E-state index in [1.807, 2.05) is 7.05 Å². The molecule has 0 unspecified atom stereocenters. The molecular weight excluding hydrogens is 431 g/mol. The second-order valence-electron chi connectivity index (χ2n) is 5.69. The first-order valence-corrected chi connectivity index (χ1v) is 8.72. The lowest BCUT2D eigenvalue weighted by atomic mass is 10.1. The van der Waals surface area contributed by atoms with E-state index in [0.717, 1.165) is 25.5 Å². The summed E-state index contributed by atoms with van der Waals surface area (Å²) in [5, 5.41) is 8.86. The van der Waals surface area contributed by atoms with Crippen molar-refractivity contribution in [3.63, 3.8) is 0 Å². The topological polar surface area (TPSA) is 39.7 Å². The minimum absolute atomic E-state index is 0. The van der Waals surface area contributed by atoms with E-state index in [0.29, 0.717) is 0 Å². The molecule has 0 fully saturated rings. The van der Waals surface area contributed by atoms with Crippen molar-refractivity contribution in [1.82, 2.24) is 10.6 Å². The molecule has 2 N–H and O–H groups in total. The van der Waals surface area contributed by atoms with Crippen LogP contribution < -0.4 is 15.5 Å². The van der Waals surface area contributed by atoms with Gasteiger partial charge in [-0.05, 0) is 48.1 Å². The molecule has 0 saturated carbocycles. The Hall–Kier alpha value is -1.28. The Morgan fingerprint density at radius 2 is 2.00 bits per heavy atom. The predicted octanol–water partition coefficient (Wildman–Crippen LogP) is 3.65. The van der Waals surface area contributed by atoms with Crippen LogP contribution in [0.2, 0.25) is 0 Å². The molecule has 0 spiro atoms. The molecule has 6 heteroatoms. The number of hydrogen-bond donors (Lipinski definition) is 2. The van der Waals surface area contributed by atoms with Crippen LogP contribution in [0.15, 0.2) is 40.7 Å². The molecule has 4 nitrogen and oxygen atoms in total. The monoisotopic (exact) mass is 458 g/mol. The summed E-state index contributed by atoms with van der Waals surface area (Å²) in [5.41, 5.74) is 3.80. The predicted molar refractivity (Wildman–Crippen MR) is 117 cm³/mol. The maximum atomic E-state index is 4.29. The summed E-state index contributed by atoms with van der Waals surface area (Å²) in [6.45, 7) is 3.81.